The molecule has 2 fully saturated rings. The van der Waals surface area contributed by atoms with E-state index in [-0.39, 0.29) is 0 Å². The average Bonchev–Trinajstić information content (AvgIpc) is 3.47. The summed E-state index contributed by atoms with van der Waals surface area (Å²) >= 11 is 0. The highest BCUT2D eigenvalue weighted by atomic mass is 16.5. The van der Waals surface area contributed by atoms with Crippen LogP contribution in [0.1, 0.15) is 50.9 Å². The van der Waals surface area contributed by atoms with Crippen molar-refractivity contribution in [2.45, 2.75) is 52.5 Å². The smallest absolute Gasteiger partial charge is 0.267 e. The van der Waals surface area contributed by atoms with Gasteiger partial charge < -0.3 is 9.47 Å². The SMILES string of the molecule is CCN(CC)CCn1c(CC2CC3CCC2C3)nc2cc(/C=C/C(=O)NO)ccc21. The van der Waals surface area contributed by atoms with Crippen molar-refractivity contribution < 1.29 is 10.0 Å². The summed E-state index contributed by atoms with van der Waals surface area (Å²) in [5.74, 6) is 3.30. The fourth-order valence-electron chi connectivity index (χ4n) is 5.56. The highest BCUT2D eigenvalue weighted by molar-refractivity contribution is 5.91. The molecule has 2 N–H and O–H groups in total. The Bertz CT molecular complexity index is 915. The lowest BCUT2D eigenvalue weighted by Crippen LogP contribution is -2.28. The Balaban J connectivity index is 1.61. The van der Waals surface area contributed by atoms with E-state index in [0.717, 1.165) is 61.4 Å². The molecule has 2 aliphatic carbocycles. The Hall–Kier alpha value is -2.18. The van der Waals surface area contributed by atoms with Gasteiger partial charge in [-0.3, -0.25) is 10.0 Å². The number of carbonyl (C=O) groups excluding carboxylic acids is 1. The van der Waals surface area contributed by atoms with Gasteiger partial charge in [-0.15, -0.1) is 0 Å². The number of carbonyl (C=O) groups is 1. The fraction of sp³-hybridized carbons (Fsp3) is 0.583. The number of rotatable bonds is 9. The van der Waals surface area contributed by atoms with Crippen molar-refractivity contribution in [3.63, 3.8) is 0 Å². The topological polar surface area (TPSA) is 70.4 Å². The number of hydrogen-bond acceptors (Lipinski definition) is 4. The van der Waals surface area contributed by atoms with Crippen LogP contribution in [0.4, 0.5) is 0 Å². The number of hydrogen-bond donors (Lipinski definition) is 2. The van der Waals surface area contributed by atoms with Crippen LogP contribution in [-0.2, 0) is 17.8 Å². The molecule has 1 amide bonds. The summed E-state index contributed by atoms with van der Waals surface area (Å²) in [6, 6.07) is 6.17. The third kappa shape index (κ3) is 4.44. The van der Waals surface area contributed by atoms with Crippen molar-refractivity contribution in [2.75, 3.05) is 19.6 Å². The zero-order valence-corrected chi connectivity index (χ0v) is 18.2. The first-order valence-corrected chi connectivity index (χ1v) is 11.4. The standard InChI is InChI=1S/C24H34N4O2/c1-3-27(4-2)11-12-28-22-9-6-17(7-10-24(29)26-30)15-21(22)25-23(28)16-20-14-18-5-8-19(20)13-18/h6-7,9-10,15,18-20,30H,3-5,8,11-14,16H2,1-2H3,(H,26,29)/b10-7+. The number of likely N-dealkylation sites (N-methyl/N-ethyl adjacent to an activating group) is 1. The zero-order chi connectivity index (χ0) is 21.1. The van der Waals surface area contributed by atoms with Gasteiger partial charge in [0, 0.05) is 25.6 Å². The van der Waals surface area contributed by atoms with Gasteiger partial charge in [-0.2, -0.15) is 0 Å². The van der Waals surface area contributed by atoms with E-state index in [9.17, 15) is 4.79 Å². The molecule has 3 atom stereocenters. The average molecular weight is 411 g/mol. The molecule has 0 saturated heterocycles. The molecule has 2 aromatic rings. The lowest BCUT2D eigenvalue weighted by atomic mass is 9.86. The predicted molar refractivity (Wildman–Crippen MR) is 119 cm³/mol. The van der Waals surface area contributed by atoms with Crippen LogP contribution in [0.3, 0.4) is 0 Å². The van der Waals surface area contributed by atoms with Crippen LogP contribution in [0.15, 0.2) is 24.3 Å². The van der Waals surface area contributed by atoms with Gasteiger partial charge in [-0.25, -0.2) is 10.5 Å². The molecule has 0 aliphatic heterocycles. The number of imidazole rings is 1. The predicted octanol–water partition coefficient (Wildman–Crippen LogP) is 3.88. The summed E-state index contributed by atoms with van der Waals surface area (Å²) in [6.07, 6.45) is 9.73. The first-order chi connectivity index (χ1) is 14.6. The molecule has 2 bridgehead atoms. The maximum atomic E-state index is 11.3. The van der Waals surface area contributed by atoms with Crippen LogP contribution in [0.2, 0.25) is 0 Å². The summed E-state index contributed by atoms with van der Waals surface area (Å²) in [5, 5.41) is 8.68. The van der Waals surface area contributed by atoms with E-state index in [1.54, 1.807) is 11.6 Å². The van der Waals surface area contributed by atoms with Gasteiger partial charge in [0.25, 0.3) is 5.91 Å². The summed E-state index contributed by atoms with van der Waals surface area (Å²) in [5.41, 5.74) is 4.69. The minimum Gasteiger partial charge on any atom is -0.327 e. The fourth-order valence-corrected chi connectivity index (χ4v) is 5.56. The number of nitrogens with one attached hydrogen (secondary N) is 1. The third-order valence-electron chi connectivity index (χ3n) is 7.25. The van der Waals surface area contributed by atoms with Crippen LogP contribution in [0.25, 0.3) is 17.1 Å². The van der Waals surface area contributed by atoms with Gasteiger partial charge in [0.15, 0.2) is 0 Å². The molecule has 3 unspecified atom stereocenters. The molecule has 30 heavy (non-hydrogen) atoms. The van der Waals surface area contributed by atoms with Crippen LogP contribution in [0.5, 0.6) is 0 Å². The number of amides is 1. The van der Waals surface area contributed by atoms with E-state index in [1.165, 1.54) is 43.1 Å². The monoisotopic (exact) mass is 410 g/mol. The van der Waals surface area contributed by atoms with Crippen LogP contribution in [-0.4, -0.2) is 45.2 Å². The molecule has 1 aromatic carbocycles. The molecule has 4 rings (SSSR count). The number of fused-ring (bicyclic) bond motifs is 3. The molecule has 0 spiro atoms. The van der Waals surface area contributed by atoms with Gasteiger partial charge in [-0.1, -0.05) is 26.3 Å². The maximum absolute atomic E-state index is 11.3. The normalized spacial score (nSPS) is 23.3. The molecule has 162 valence electrons. The highest BCUT2D eigenvalue weighted by Gasteiger charge is 2.39. The Labute approximate surface area is 178 Å². The van der Waals surface area contributed by atoms with Crippen molar-refractivity contribution in [3.05, 3.63) is 35.7 Å². The summed E-state index contributed by atoms with van der Waals surface area (Å²) in [7, 11) is 0. The highest BCUT2D eigenvalue weighted by Crippen LogP contribution is 2.49. The lowest BCUT2D eigenvalue weighted by molar-refractivity contribution is -0.124. The zero-order valence-electron chi connectivity index (χ0n) is 18.2. The summed E-state index contributed by atoms with van der Waals surface area (Å²) in [4.78, 5) is 18.8. The molecule has 6 nitrogen and oxygen atoms in total. The summed E-state index contributed by atoms with van der Waals surface area (Å²) in [6.45, 7) is 8.54. The molecule has 1 aromatic heterocycles. The van der Waals surface area contributed by atoms with E-state index in [0.29, 0.717) is 0 Å². The first kappa shape index (κ1) is 21.1. The number of aromatic nitrogens is 2. The Morgan fingerprint density at radius 3 is 2.80 bits per heavy atom. The molecular weight excluding hydrogens is 376 g/mol. The number of benzene rings is 1. The maximum Gasteiger partial charge on any atom is 0.267 e. The van der Waals surface area contributed by atoms with Gasteiger partial charge in [-0.05, 0) is 73.9 Å². The Morgan fingerprint density at radius 1 is 1.30 bits per heavy atom. The van der Waals surface area contributed by atoms with Crippen molar-refractivity contribution in [1.29, 1.82) is 0 Å². The molecule has 2 saturated carbocycles. The van der Waals surface area contributed by atoms with Crippen molar-refractivity contribution in [2.24, 2.45) is 17.8 Å². The molecular formula is C24H34N4O2. The first-order valence-electron chi connectivity index (χ1n) is 11.4. The second-order valence-electron chi connectivity index (χ2n) is 8.90. The van der Waals surface area contributed by atoms with Crippen LogP contribution >= 0.6 is 0 Å². The van der Waals surface area contributed by atoms with Gasteiger partial charge in [0.1, 0.15) is 5.82 Å². The van der Waals surface area contributed by atoms with Crippen LogP contribution in [0, 0.1) is 17.8 Å². The van der Waals surface area contributed by atoms with Gasteiger partial charge in [0.2, 0.25) is 0 Å². The number of nitrogens with zero attached hydrogens (tertiary/aromatic N) is 3. The van der Waals surface area contributed by atoms with E-state index in [1.807, 2.05) is 12.1 Å². The van der Waals surface area contributed by atoms with Crippen molar-refractivity contribution in [1.82, 2.24) is 19.9 Å². The largest absolute Gasteiger partial charge is 0.327 e. The second kappa shape index (κ2) is 9.31. The minimum absolute atomic E-state index is 0.531. The Morgan fingerprint density at radius 2 is 2.13 bits per heavy atom. The van der Waals surface area contributed by atoms with Crippen molar-refractivity contribution >= 4 is 23.0 Å². The second-order valence-corrected chi connectivity index (χ2v) is 8.90. The molecule has 6 heteroatoms. The van der Waals surface area contributed by atoms with Gasteiger partial charge in [0.05, 0.1) is 11.0 Å². The van der Waals surface area contributed by atoms with E-state index in [4.69, 9.17) is 10.2 Å². The third-order valence-corrected chi connectivity index (χ3v) is 7.25. The van der Waals surface area contributed by atoms with Crippen molar-refractivity contribution in [3.8, 4) is 0 Å². The van der Waals surface area contributed by atoms with E-state index in [2.05, 4.69) is 29.4 Å². The van der Waals surface area contributed by atoms with Gasteiger partial charge >= 0.3 is 0 Å². The number of hydroxylamine groups is 1. The van der Waals surface area contributed by atoms with E-state index < -0.39 is 5.91 Å². The quantitative estimate of drug-likeness (QED) is 0.374. The lowest BCUT2D eigenvalue weighted by Gasteiger charge is -2.23. The van der Waals surface area contributed by atoms with Crippen LogP contribution < -0.4 is 5.48 Å². The molecule has 1 heterocycles. The molecule has 0 radical (unpaired) electrons. The molecule has 2 aliphatic rings. The summed E-state index contributed by atoms with van der Waals surface area (Å²) < 4.78 is 2.42. The Kier molecular flexibility index (Phi) is 6.54. The minimum atomic E-state index is -0.531. The van der Waals surface area contributed by atoms with E-state index >= 15 is 0 Å².